The number of ether oxygens (including phenoxy) is 1. The molecule has 0 atom stereocenters. The Balaban J connectivity index is 1.93. The molecule has 0 saturated carbocycles. The van der Waals surface area contributed by atoms with Crippen LogP contribution in [0.3, 0.4) is 0 Å². The molecular formula is C24H24O3. The van der Waals surface area contributed by atoms with Gasteiger partial charge in [0.25, 0.3) is 0 Å². The van der Waals surface area contributed by atoms with E-state index >= 15 is 0 Å². The maximum atomic E-state index is 11.6. The van der Waals surface area contributed by atoms with Crippen LogP contribution in [-0.2, 0) is 13.0 Å². The van der Waals surface area contributed by atoms with Gasteiger partial charge in [0, 0.05) is 5.56 Å². The number of carbonyl (C=O) groups is 1. The first-order chi connectivity index (χ1) is 13.0. The highest BCUT2D eigenvalue weighted by Gasteiger charge is 2.14. The van der Waals surface area contributed by atoms with E-state index < -0.39 is 5.97 Å². The van der Waals surface area contributed by atoms with Gasteiger partial charge in [-0.25, -0.2) is 4.79 Å². The quantitative estimate of drug-likeness (QED) is 0.577. The smallest absolute Gasteiger partial charge is 0.335 e. The lowest BCUT2D eigenvalue weighted by Crippen LogP contribution is -2.06. The lowest BCUT2D eigenvalue weighted by Gasteiger charge is -2.15. The summed E-state index contributed by atoms with van der Waals surface area (Å²) in [6, 6.07) is 23.5. The first-order valence-electron chi connectivity index (χ1n) is 9.17. The molecule has 27 heavy (non-hydrogen) atoms. The zero-order valence-electron chi connectivity index (χ0n) is 15.7. The van der Waals surface area contributed by atoms with Crippen LogP contribution < -0.4 is 4.74 Å². The van der Waals surface area contributed by atoms with Crippen molar-refractivity contribution in [1.29, 1.82) is 0 Å². The molecule has 3 aromatic rings. The molecule has 0 bridgehead atoms. The molecule has 0 aliphatic rings. The number of hydrogen-bond donors (Lipinski definition) is 1. The van der Waals surface area contributed by atoms with Crippen LogP contribution in [0.4, 0.5) is 0 Å². The molecule has 3 nitrogen and oxygen atoms in total. The summed E-state index contributed by atoms with van der Waals surface area (Å²) >= 11 is 0. The van der Waals surface area contributed by atoms with Crippen molar-refractivity contribution in [3.8, 4) is 16.9 Å². The Kier molecular flexibility index (Phi) is 5.92. The van der Waals surface area contributed by atoms with Crippen LogP contribution in [0.15, 0.2) is 72.8 Å². The van der Waals surface area contributed by atoms with Gasteiger partial charge in [0.15, 0.2) is 0 Å². The van der Waals surface area contributed by atoms with Gasteiger partial charge >= 0.3 is 5.97 Å². The van der Waals surface area contributed by atoms with Crippen LogP contribution in [-0.4, -0.2) is 11.1 Å². The molecule has 0 heterocycles. The van der Waals surface area contributed by atoms with Gasteiger partial charge in [-0.2, -0.15) is 0 Å². The summed E-state index contributed by atoms with van der Waals surface area (Å²) in [5.41, 5.74) is 4.27. The normalized spacial score (nSPS) is 10.8. The summed E-state index contributed by atoms with van der Waals surface area (Å²) in [5, 5.41) is 9.48. The van der Waals surface area contributed by atoms with Crippen molar-refractivity contribution in [2.75, 3.05) is 0 Å². The lowest BCUT2D eigenvalue weighted by molar-refractivity contribution is 0.0695. The third kappa shape index (κ3) is 4.76. The molecule has 1 N–H and O–H groups in total. The summed E-state index contributed by atoms with van der Waals surface area (Å²) in [5.74, 6) is 0.286. The SMILES string of the molecule is CC(C)Cc1cc(-c2ccccc2OCc2ccccc2)ccc1C(=O)O. The van der Waals surface area contributed by atoms with E-state index in [0.29, 0.717) is 18.1 Å². The maximum Gasteiger partial charge on any atom is 0.335 e. The van der Waals surface area contributed by atoms with Crippen molar-refractivity contribution in [3.05, 3.63) is 89.5 Å². The third-order valence-electron chi connectivity index (χ3n) is 4.40. The van der Waals surface area contributed by atoms with Crippen LogP contribution in [0.25, 0.3) is 11.1 Å². The second kappa shape index (κ2) is 8.54. The van der Waals surface area contributed by atoms with E-state index in [0.717, 1.165) is 34.4 Å². The number of hydrogen-bond acceptors (Lipinski definition) is 2. The molecular weight excluding hydrogens is 336 g/mol. The van der Waals surface area contributed by atoms with Crippen LogP contribution in [0.2, 0.25) is 0 Å². The molecule has 0 aliphatic heterocycles. The number of carboxylic acid groups (broad SMARTS) is 1. The fourth-order valence-corrected chi connectivity index (χ4v) is 3.14. The van der Waals surface area contributed by atoms with Crippen LogP contribution in [0, 0.1) is 5.92 Å². The highest BCUT2D eigenvalue weighted by atomic mass is 16.5. The highest BCUT2D eigenvalue weighted by molar-refractivity contribution is 5.90. The van der Waals surface area contributed by atoms with Gasteiger partial charge < -0.3 is 9.84 Å². The Hall–Kier alpha value is -3.07. The molecule has 0 unspecified atom stereocenters. The van der Waals surface area contributed by atoms with E-state index in [2.05, 4.69) is 13.8 Å². The summed E-state index contributed by atoms with van der Waals surface area (Å²) < 4.78 is 6.06. The predicted octanol–water partition coefficient (Wildman–Crippen LogP) is 5.83. The minimum absolute atomic E-state index is 0.370. The molecule has 0 saturated heterocycles. The average Bonchev–Trinajstić information content (AvgIpc) is 2.66. The van der Waals surface area contributed by atoms with E-state index in [1.807, 2.05) is 66.7 Å². The topological polar surface area (TPSA) is 46.5 Å². The van der Waals surface area contributed by atoms with Crippen LogP contribution >= 0.6 is 0 Å². The first-order valence-corrected chi connectivity index (χ1v) is 9.17. The average molecular weight is 360 g/mol. The largest absolute Gasteiger partial charge is 0.488 e. The number of benzene rings is 3. The highest BCUT2D eigenvalue weighted by Crippen LogP contribution is 2.32. The minimum atomic E-state index is -0.884. The standard InChI is InChI=1S/C24H24O3/c1-17(2)14-20-15-19(12-13-22(20)24(25)26)21-10-6-7-11-23(21)27-16-18-8-4-3-5-9-18/h3-13,15,17H,14,16H2,1-2H3,(H,25,26). The zero-order valence-corrected chi connectivity index (χ0v) is 15.7. The second-order valence-electron chi connectivity index (χ2n) is 7.05. The van der Waals surface area contributed by atoms with Gasteiger partial charge in [-0.05, 0) is 41.2 Å². The zero-order chi connectivity index (χ0) is 19.2. The molecule has 0 aliphatic carbocycles. The minimum Gasteiger partial charge on any atom is -0.488 e. The molecule has 3 rings (SSSR count). The monoisotopic (exact) mass is 360 g/mol. The molecule has 138 valence electrons. The van der Waals surface area contributed by atoms with Crippen molar-refractivity contribution in [2.45, 2.75) is 26.9 Å². The fourth-order valence-electron chi connectivity index (χ4n) is 3.14. The Labute approximate surface area is 160 Å². The fraction of sp³-hybridized carbons (Fsp3) is 0.208. The van der Waals surface area contributed by atoms with Gasteiger partial charge in [-0.3, -0.25) is 0 Å². The number of aromatic carboxylic acids is 1. The van der Waals surface area contributed by atoms with E-state index in [1.165, 1.54) is 0 Å². The van der Waals surface area contributed by atoms with Gasteiger partial charge in [0.05, 0.1) is 5.56 Å². The Morgan fingerprint density at radius 3 is 2.37 bits per heavy atom. The maximum absolute atomic E-state index is 11.6. The summed E-state index contributed by atoms with van der Waals surface area (Å²) in [6.07, 6.45) is 0.725. The van der Waals surface area contributed by atoms with Crippen LogP contribution in [0.5, 0.6) is 5.75 Å². The van der Waals surface area contributed by atoms with E-state index in [1.54, 1.807) is 6.07 Å². The number of para-hydroxylation sites is 1. The van der Waals surface area contributed by atoms with Crippen molar-refractivity contribution in [3.63, 3.8) is 0 Å². The molecule has 0 amide bonds. The van der Waals surface area contributed by atoms with Gasteiger partial charge in [-0.1, -0.05) is 74.5 Å². The first kappa shape index (κ1) is 18.7. The van der Waals surface area contributed by atoms with Crippen molar-refractivity contribution in [1.82, 2.24) is 0 Å². The molecule has 3 aromatic carbocycles. The van der Waals surface area contributed by atoms with E-state index in [9.17, 15) is 9.90 Å². The van der Waals surface area contributed by atoms with Gasteiger partial charge in [0.2, 0.25) is 0 Å². The lowest BCUT2D eigenvalue weighted by atomic mass is 9.93. The third-order valence-corrected chi connectivity index (χ3v) is 4.40. The van der Waals surface area contributed by atoms with E-state index in [-0.39, 0.29) is 0 Å². The predicted molar refractivity (Wildman–Crippen MR) is 108 cm³/mol. The van der Waals surface area contributed by atoms with E-state index in [4.69, 9.17) is 4.74 Å². The summed E-state index contributed by atoms with van der Waals surface area (Å²) in [6.45, 7) is 4.67. The molecule has 0 aromatic heterocycles. The number of rotatable bonds is 7. The Bertz CT molecular complexity index is 914. The Morgan fingerprint density at radius 1 is 0.963 bits per heavy atom. The second-order valence-corrected chi connectivity index (χ2v) is 7.05. The summed E-state index contributed by atoms with van der Waals surface area (Å²) in [4.78, 5) is 11.6. The van der Waals surface area contributed by atoms with Crippen LogP contribution in [0.1, 0.15) is 35.3 Å². The van der Waals surface area contributed by atoms with Gasteiger partial charge in [0.1, 0.15) is 12.4 Å². The molecule has 0 spiro atoms. The van der Waals surface area contributed by atoms with Gasteiger partial charge in [-0.15, -0.1) is 0 Å². The Morgan fingerprint density at radius 2 is 1.67 bits per heavy atom. The van der Waals surface area contributed by atoms with Crippen molar-refractivity contribution in [2.24, 2.45) is 5.92 Å². The van der Waals surface area contributed by atoms with Crippen molar-refractivity contribution < 1.29 is 14.6 Å². The molecule has 0 radical (unpaired) electrons. The summed E-state index contributed by atoms with van der Waals surface area (Å²) in [7, 11) is 0. The molecule has 0 fully saturated rings. The number of carboxylic acids is 1. The molecule has 3 heteroatoms. The van der Waals surface area contributed by atoms with Crippen molar-refractivity contribution >= 4 is 5.97 Å².